The highest BCUT2D eigenvalue weighted by Gasteiger charge is 2.36. The fourth-order valence-corrected chi connectivity index (χ4v) is 3.08. The van der Waals surface area contributed by atoms with Crippen LogP contribution >= 0.6 is 11.8 Å². The Labute approximate surface area is 122 Å². The summed E-state index contributed by atoms with van der Waals surface area (Å²) in [4.78, 5) is 12.1. The van der Waals surface area contributed by atoms with E-state index in [0.717, 1.165) is 16.7 Å². The molecule has 0 saturated carbocycles. The van der Waals surface area contributed by atoms with Crippen LogP contribution in [0.1, 0.15) is 11.1 Å². The number of thioether (sulfide) groups is 1. The minimum atomic E-state index is -0.257. The van der Waals surface area contributed by atoms with E-state index < -0.39 is 0 Å². The summed E-state index contributed by atoms with van der Waals surface area (Å²) in [7, 11) is 0. The largest absolute Gasteiger partial charge is 0.424 e. The van der Waals surface area contributed by atoms with Gasteiger partial charge in [0.05, 0.1) is 0 Å². The smallest absolute Gasteiger partial charge is 0.329 e. The van der Waals surface area contributed by atoms with E-state index in [1.165, 1.54) is 11.8 Å². The van der Waals surface area contributed by atoms with E-state index in [-0.39, 0.29) is 11.2 Å². The molecule has 0 aromatic heterocycles. The van der Waals surface area contributed by atoms with Crippen LogP contribution in [-0.4, -0.2) is 17.5 Å². The van der Waals surface area contributed by atoms with Crippen LogP contribution in [0.2, 0.25) is 0 Å². The number of cyclic esters (lactones) is 1. The van der Waals surface area contributed by atoms with Gasteiger partial charge in [0.2, 0.25) is 0 Å². The van der Waals surface area contributed by atoms with Crippen molar-refractivity contribution in [2.45, 2.75) is 5.25 Å². The number of rotatable bonds is 3. The molecule has 1 heterocycles. The van der Waals surface area contributed by atoms with Crippen molar-refractivity contribution >= 4 is 29.1 Å². The van der Waals surface area contributed by atoms with Crippen LogP contribution < -0.4 is 0 Å². The third-order valence-electron chi connectivity index (χ3n) is 3.28. The second-order valence-corrected chi connectivity index (χ2v) is 5.45. The normalized spacial score (nSPS) is 18.2. The minimum absolute atomic E-state index is 0.185. The lowest BCUT2D eigenvalue weighted by molar-refractivity contribution is -0.133. The lowest BCUT2D eigenvalue weighted by Crippen LogP contribution is -2.12. The Balaban J connectivity index is 2.17. The Morgan fingerprint density at radius 1 is 0.900 bits per heavy atom. The number of hydrogen-bond donors (Lipinski definition) is 0. The molecule has 2 aromatic rings. The molecule has 2 aromatic carbocycles. The molecule has 3 rings (SSSR count). The number of carbonyl (C=O) groups is 1. The summed E-state index contributed by atoms with van der Waals surface area (Å²) in [6, 6.07) is 19.7. The van der Waals surface area contributed by atoms with Crippen LogP contribution in [0.3, 0.4) is 0 Å². The van der Waals surface area contributed by atoms with Crippen LogP contribution in [0, 0.1) is 0 Å². The van der Waals surface area contributed by atoms with Crippen LogP contribution in [-0.2, 0) is 9.53 Å². The third-order valence-corrected chi connectivity index (χ3v) is 4.18. The molecule has 0 bridgehead atoms. The average molecular weight is 282 g/mol. The first kappa shape index (κ1) is 13.0. The molecule has 0 spiro atoms. The van der Waals surface area contributed by atoms with Gasteiger partial charge in [0.1, 0.15) is 11.0 Å². The molecule has 20 heavy (non-hydrogen) atoms. The van der Waals surface area contributed by atoms with E-state index in [0.29, 0.717) is 5.76 Å². The van der Waals surface area contributed by atoms with Gasteiger partial charge in [-0.2, -0.15) is 0 Å². The van der Waals surface area contributed by atoms with Crippen molar-refractivity contribution in [3.63, 3.8) is 0 Å². The van der Waals surface area contributed by atoms with Crippen molar-refractivity contribution in [1.29, 1.82) is 0 Å². The molecule has 3 heteroatoms. The van der Waals surface area contributed by atoms with Crippen molar-refractivity contribution in [1.82, 2.24) is 0 Å². The average Bonchev–Trinajstić information content (AvgIpc) is 2.85. The fraction of sp³-hybridized carbons (Fsp3) is 0.118. The van der Waals surface area contributed by atoms with Gasteiger partial charge in [-0.3, -0.25) is 4.79 Å². The van der Waals surface area contributed by atoms with Gasteiger partial charge in [-0.25, -0.2) is 0 Å². The summed E-state index contributed by atoms with van der Waals surface area (Å²) in [6.45, 7) is 0. The molecule has 0 saturated heterocycles. The Kier molecular flexibility index (Phi) is 3.61. The lowest BCUT2D eigenvalue weighted by Gasteiger charge is -2.09. The summed E-state index contributed by atoms with van der Waals surface area (Å²) in [6.07, 6.45) is 1.93. The monoisotopic (exact) mass is 282 g/mol. The van der Waals surface area contributed by atoms with Crippen LogP contribution in [0.15, 0.2) is 60.7 Å². The van der Waals surface area contributed by atoms with E-state index in [2.05, 4.69) is 0 Å². The van der Waals surface area contributed by atoms with Crippen molar-refractivity contribution in [2.75, 3.05) is 6.26 Å². The minimum Gasteiger partial charge on any atom is -0.424 e. The van der Waals surface area contributed by atoms with E-state index in [1.807, 2.05) is 66.9 Å². The number of carbonyl (C=O) groups excluding carboxylic acids is 1. The molecule has 0 amide bonds. The van der Waals surface area contributed by atoms with Gasteiger partial charge in [-0.05, 0) is 11.8 Å². The molecule has 0 radical (unpaired) electrons. The van der Waals surface area contributed by atoms with Gasteiger partial charge < -0.3 is 4.74 Å². The van der Waals surface area contributed by atoms with Gasteiger partial charge >= 0.3 is 5.97 Å². The maximum atomic E-state index is 12.1. The molecule has 2 nitrogen and oxygen atoms in total. The standard InChI is InChI=1S/C17H14O2S/c1-20-16-14(12-8-4-2-5-9-12)15(19-17(16)18)13-10-6-3-7-11-13/h2-11,16H,1H3. The highest BCUT2D eigenvalue weighted by atomic mass is 32.2. The van der Waals surface area contributed by atoms with Crippen LogP contribution in [0.5, 0.6) is 0 Å². The quantitative estimate of drug-likeness (QED) is 0.800. The summed E-state index contributed by atoms with van der Waals surface area (Å²) < 4.78 is 5.54. The molecule has 1 unspecified atom stereocenters. The maximum Gasteiger partial charge on any atom is 0.329 e. The Hall–Kier alpha value is -2.00. The van der Waals surface area contributed by atoms with E-state index in [1.54, 1.807) is 0 Å². The summed E-state index contributed by atoms with van der Waals surface area (Å²) in [5.74, 6) is 0.497. The highest BCUT2D eigenvalue weighted by molar-refractivity contribution is 8.00. The van der Waals surface area contributed by atoms with Crippen LogP contribution in [0.25, 0.3) is 11.3 Å². The zero-order valence-corrected chi connectivity index (χ0v) is 11.9. The molecule has 1 aliphatic rings. The summed E-state index contributed by atoms with van der Waals surface area (Å²) in [5.41, 5.74) is 2.95. The number of esters is 1. The molecule has 0 fully saturated rings. The zero-order chi connectivity index (χ0) is 13.9. The van der Waals surface area contributed by atoms with E-state index >= 15 is 0 Å². The van der Waals surface area contributed by atoms with Crippen molar-refractivity contribution in [2.24, 2.45) is 0 Å². The maximum absolute atomic E-state index is 12.1. The van der Waals surface area contributed by atoms with Gasteiger partial charge in [0.25, 0.3) is 0 Å². The van der Waals surface area contributed by atoms with Crippen LogP contribution in [0.4, 0.5) is 0 Å². The van der Waals surface area contributed by atoms with Gasteiger partial charge in [-0.15, -0.1) is 11.8 Å². The first-order valence-electron chi connectivity index (χ1n) is 6.41. The second-order valence-electron chi connectivity index (χ2n) is 4.51. The number of benzene rings is 2. The topological polar surface area (TPSA) is 26.3 Å². The molecular weight excluding hydrogens is 268 g/mol. The number of ether oxygens (including phenoxy) is 1. The van der Waals surface area contributed by atoms with E-state index in [9.17, 15) is 4.79 Å². The van der Waals surface area contributed by atoms with E-state index in [4.69, 9.17) is 4.74 Å². The van der Waals surface area contributed by atoms with Crippen molar-refractivity contribution < 1.29 is 9.53 Å². The molecule has 100 valence electrons. The summed E-state index contributed by atoms with van der Waals surface area (Å²) in [5, 5.41) is -0.257. The molecule has 0 aliphatic carbocycles. The predicted molar refractivity (Wildman–Crippen MR) is 83.1 cm³/mol. The Morgan fingerprint density at radius 3 is 2.00 bits per heavy atom. The SMILES string of the molecule is CSC1C(=O)OC(c2ccccc2)=C1c1ccccc1. The third kappa shape index (κ3) is 2.25. The summed E-state index contributed by atoms with van der Waals surface area (Å²) >= 11 is 1.51. The molecule has 1 aliphatic heterocycles. The van der Waals surface area contributed by atoms with Gasteiger partial charge in [0.15, 0.2) is 0 Å². The zero-order valence-electron chi connectivity index (χ0n) is 11.1. The fourth-order valence-electron chi connectivity index (χ4n) is 2.36. The molecular formula is C17H14O2S. The number of hydrogen-bond acceptors (Lipinski definition) is 3. The highest BCUT2D eigenvalue weighted by Crippen LogP contribution is 2.40. The first-order chi connectivity index (χ1) is 9.81. The first-order valence-corrected chi connectivity index (χ1v) is 7.69. The van der Waals surface area contributed by atoms with Gasteiger partial charge in [0, 0.05) is 11.1 Å². The van der Waals surface area contributed by atoms with Crippen molar-refractivity contribution in [3.05, 3.63) is 71.8 Å². The van der Waals surface area contributed by atoms with Crippen molar-refractivity contribution in [3.8, 4) is 0 Å². The second kappa shape index (κ2) is 5.55. The molecule has 0 N–H and O–H groups in total. The van der Waals surface area contributed by atoms with Gasteiger partial charge in [-0.1, -0.05) is 60.7 Å². The molecule has 1 atom stereocenters. The predicted octanol–water partition coefficient (Wildman–Crippen LogP) is 3.84. The Bertz CT molecular complexity index is 647. The Morgan fingerprint density at radius 2 is 1.45 bits per heavy atom. The lowest BCUT2D eigenvalue weighted by atomic mass is 10.00.